The molecule has 0 radical (unpaired) electrons. The number of ether oxygens (including phenoxy) is 2. The maximum atomic E-state index is 12.2. The predicted octanol–water partition coefficient (Wildman–Crippen LogP) is 2.59. The lowest BCUT2D eigenvalue weighted by Gasteiger charge is -2.18. The molecule has 2 aromatic rings. The lowest BCUT2D eigenvalue weighted by atomic mass is 10.0. The Morgan fingerprint density at radius 1 is 1.19 bits per heavy atom. The van der Waals surface area contributed by atoms with E-state index in [1.54, 1.807) is 6.07 Å². The van der Waals surface area contributed by atoms with E-state index in [1.165, 1.54) is 0 Å². The van der Waals surface area contributed by atoms with Crippen LogP contribution in [0.3, 0.4) is 0 Å². The second-order valence-electron chi connectivity index (χ2n) is 7.22. The molecular weight excluding hydrogens is 346 g/mol. The number of benzene rings is 2. The maximum Gasteiger partial charge on any atom is 0.326 e. The zero-order chi connectivity index (χ0) is 19.4. The van der Waals surface area contributed by atoms with Gasteiger partial charge < -0.3 is 19.9 Å². The van der Waals surface area contributed by atoms with Crippen LogP contribution >= 0.6 is 0 Å². The van der Waals surface area contributed by atoms with E-state index in [4.69, 9.17) is 9.47 Å². The van der Waals surface area contributed by atoms with Crippen molar-refractivity contribution < 1.29 is 24.2 Å². The summed E-state index contributed by atoms with van der Waals surface area (Å²) < 4.78 is 11.5. The number of hydrogen-bond acceptors (Lipinski definition) is 4. The molecule has 0 fully saturated rings. The van der Waals surface area contributed by atoms with Gasteiger partial charge in [-0.15, -0.1) is 0 Å². The summed E-state index contributed by atoms with van der Waals surface area (Å²) in [5.74, 6) is -0.441. The number of carbonyl (C=O) groups excluding carboxylic acids is 1. The number of fused-ring (bicyclic) bond motifs is 1. The Kier molecular flexibility index (Phi) is 5.35. The minimum Gasteiger partial charge on any atom is -0.483 e. The van der Waals surface area contributed by atoms with Crippen LogP contribution in [0.15, 0.2) is 48.5 Å². The van der Waals surface area contributed by atoms with Crippen molar-refractivity contribution in [2.75, 3.05) is 6.61 Å². The molecule has 1 heterocycles. The Hall–Kier alpha value is -3.02. The predicted molar refractivity (Wildman–Crippen MR) is 100 cm³/mol. The Bertz CT molecular complexity index is 832. The molecule has 0 aromatic heterocycles. The van der Waals surface area contributed by atoms with Crippen molar-refractivity contribution in [2.24, 2.45) is 0 Å². The fourth-order valence-corrected chi connectivity index (χ4v) is 3.13. The number of para-hydroxylation sites is 1. The average molecular weight is 369 g/mol. The van der Waals surface area contributed by atoms with Gasteiger partial charge in [0, 0.05) is 18.4 Å². The molecule has 142 valence electrons. The molecule has 1 atom stereocenters. The van der Waals surface area contributed by atoms with Crippen molar-refractivity contribution in [3.8, 4) is 11.5 Å². The van der Waals surface area contributed by atoms with Crippen molar-refractivity contribution >= 4 is 11.9 Å². The molecule has 6 heteroatoms. The third-order valence-electron chi connectivity index (χ3n) is 4.33. The van der Waals surface area contributed by atoms with Crippen LogP contribution in [0.25, 0.3) is 0 Å². The number of amides is 1. The molecule has 1 unspecified atom stereocenters. The summed E-state index contributed by atoms with van der Waals surface area (Å²) in [5, 5.41) is 11.9. The molecular formula is C21H23NO5. The molecule has 0 aliphatic carbocycles. The second-order valence-corrected chi connectivity index (χ2v) is 7.22. The van der Waals surface area contributed by atoms with E-state index in [0.29, 0.717) is 11.5 Å². The quantitative estimate of drug-likeness (QED) is 0.784. The summed E-state index contributed by atoms with van der Waals surface area (Å²) in [7, 11) is 0. The highest BCUT2D eigenvalue weighted by Gasteiger charge is 2.32. The van der Waals surface area contributed by atoms with Crippen LogP contribution in [0.5, 0.6) is 11.5 Å². The molecule has 1 amide bonds. The third kappa shape index (κ3) is 4.78. The van der Waals surface area contributed by atoms with E-state index >= 15 is 0 Å². The van der Waals surface area contributed by atoms with E-state index in [0.717, 1.165) is 17.5 Å². The summed E-state index contributed by atoms with van der Waals surface area (Å²) in [6, 6.07) is 13.7. The molecule has 27 heavy (non-hydrogen) atoms. The van der Waals surface area contributed by atoms with Gasteiger partial charge in [0.2, 0.25) is 0 Å². The molecule has 6 nitrogen and oxygen atoms in total. The van der Waals surface area contributed by atoms with Crippen molar-refractivity contribution in [2.45, 2.75) is 38.3 Å². The van der Waals surface area contributed by atoms with Gasteiger partial charge in [-0.05, 0) is 25.5 Å². The minimum absolute atomic E-state index is 0.208. The van der Waals surface area contributed by atoms with Gasteiger partial charge in [-0.3, -0.25) is 4.79 Å². The molecule has 0 spiro atoms. The number of aliphatic carboxylic acids is 1. The van der Waals surface area contributed by atoms with Gasteiger partial charge in [0.05, 0.1) is 0 Å². The Morgan fingerprint density at radius 2 is 1.93 bits per heavy atom. The number of nitrogens with one attached hydrogen (secondary N) is 1. The normalized spacial score (nSPS) is 15.3. The molecule has 1 aliphatic rings. The molecule has 2 aromatic carbocycles. The van der Waals surface area contributed by atoms with Crippen LogP contribution in [-0.4, -0.2) is 35.2 Å². The summed E-state index contributed by atoms with van der Waals surface area (Å²) in [5.41, 5.74) is 1.56. The first-order chi connectivity index (χ1) is 12.8. The number of carboxylic acids is 1. The van der Waals surface area contributed by atoms with Crippen LogP contribution in [0.4, 0.5) is 0 Å². The smallest absolute Gasteiger partial charge is 0.326 e. The number of carbonyl (C=O) groups is 2. The van der Waals surface area contributed by atoms with Gasteiger partial charge in [0.1, 0.15) is 11.6 Å². The molecule has 2 N–H and O–H groups in total. The fourth-order valence-electron chi connectivity index (χ4n) is 3.13. The van der Waals surface area contributed by atoms with Crippen LogP contribution in [0, 0.1) is 0 Å². The molecule has 3 rings (SSSR count). The van der Waals surface area contributed by atoms with Gasteiger partial charge >= 0.3 is 5.97 Å². The number of hydrogen-bond donors (Lipinski definition) is 2. The van der Waals surface area contributed by atoms with E-state index in [-0.39, 0.29) is 18.6 Å². The second kappa shape index (κ2) is 7.70. The zero-order valence-corrected chi connectivity index (χ0v) is 15.4. The van der Waals surface area contributed by atoms with Gasteiger partial charge in [0.15, 0.2) is 18.1 Å². The lowest BCUT2D eigenvalue weighted by molar-refractivity contribution is -0.142. The molecule has 0 saturated heterocycles. The van der Waals surface area contributed by atoms with Crippen molar-refractivity contribution in [3.63, 3.8) is 0 Å². The van der Waals surface area contributed by atoms with E-state index in [9.17, 15) is 14.7 Å². The van der Waals surface area contributed by atoms with Crippen LogP contribution in [0.1, 0.15) is 25.0 Å². The van der Waals surface area contributed by atoms with Gasteiger partial charge in [-0.25, -0.2) is 4.79 Å². The number of carboxylic acid groups (broad SMARTS) is 1. The Morgan fingerprint density at radius 3 is 2.63 bits per heavy atom. The average Bonchev–Trinajstić information content (AvgIpc) is 2.94. The highest BCUT2D eigenvalue weighted by Crippen LogP contribution is 2.41. The van der Waals surface area contributed by atoms with Crippen LogP contribution in [0.2, 0.25) is 0 Å². The highest BCUT2D eigenvalue weighted by molar-refractivity contribution is 5.84. The van der Waals surface area contributed by atoms with Crippen molar-refractivity contribution in [1.29, 1.82) is 0 Å². The largest absolute Gasteiger partial charge is 0.483 e. The summed E-state index contributed by atoms with van der Waals surface area (Å²) in [6.07, 6.45) is 0.976. The zero-order valence-electron chi connectivity index (χ0n) is 15.4. The molecule has 0 bridgehead atoms. The van der Waals surface area contributed by atoms with E-state index < -0.39 is 17.9 Å². The first-order valence-electron chi connectivity index (χ1n) is 8.84. The third-order valence-corrected chi connectivity index (χ3v) is 4.33. The number of rotatable bonds is 7. The first kappa shape index (κ1) is 18.8. The van der Waals surface area contributed by atoms with Gasteiger partial charge in [0.25, 0.3) is 5.91 Å². The minimum atomic E-state index is -1.09. The summed E-state index contributed by atoms with van der Waals surface area (Å²) >= 11 is 0. The highest BCUT2D eigenvalue weighted by atomic mass is 16.5. The van der Waals surface area contributed by atoms with Crippen molar-refractivity contribution in [1.82, 2.24) is 5.32 Å². The van der Waals surface area contributed by atoms with Gasteiger partial charge in [-0.2, -0.15) is 0 Å². The Balaban J connectivity index is 1.60. The summed E-state index contributed by atoms with van der Waals surface area (Å²) in [6.45, 7) is 3.70. The SMILES string of the molecule is CC1(C)Cc2cccc(OCC(=O)NC(Cc3ccccc3)C(=O)O)c2O1. The topological polar surface area (TPSA) is 84.9 Å². The molecule has 0 saturated carbocycles. The van der Waals surface area contributed by atoms with Crippen LogP contribution in [-0.2, 0) is 22.4 Å². The first-order valence-corrected chi connectivity index (χ1v) is 8.84. The molecule has 1 aliphatic heterocycles. The lowest BCUT2D eigenvalue weighted by Crippen LogP contribution is -2.44. The van der Waals surface area contributed by atoms with Crippen molar-refractivity contribution in [3.05, 3.63) is 59.7 Å². The van der Waals surface area contributed by atoms with E-state index in [1.807, 2.05) is 56.3 Å². The maximum absolute atomic E-state index is 12.2. The fraction of sp³-hybridized carbons (Fsp3) is 0.333. The van der Waals surface area contributed by atoms with Crippen LogP contribution < -0.4 is 14.8 Å². The van der Waals surface area contributed by atoms with Gasteiger partial charge in [-0.1, -0.05) is 42.5 Å². The van der Waals surface area contributed by atoms with E-state index in [2.05, 4.69) is 5.32 Å². The standard InChI is InChI=1S/C21H23NO5/c1-21(2)12-15-9-6-10-17(19(15)27-21)26-13-18(23)22-16(20(24)25)11-14-7-4-3-5-8-14/h3-10,16H,11-13H2,1-2H3,(H,22,23)(H,24,25). The monoisotopic (exact) mass is 369 g/mol. The summed E-state index contributed by atoms with van der Waals surface area (Å²) in [4.78, 5) is 23.7. The Labute approximate surface area is 158 Å².